The molecule has 0 aliphatic heterocycles. The molecular formula is C10H7ClN2S. The summed E-state index contributed by atoms with van der Waals surface area (Å²) in [5, 5.41) is 3.36. The quantitative estimate of drug-likeness (QED) is 0.714. The second kappa shape index (κ2) is 4.35. The van der Waals surface area contributed by atoms with Gasteiger partial charge in [-0.05, 0) is 17.7 Å². The number of thiazole rings is 1. The Hall–Kier alpha value is -1.19. The summed E-state index contributed by atoms with van der Waals surface area (Å²) in [4.78, 5) is 8.24. The molecule has 0 radical (unpaired) electrons. The van der Waals surface area contributed by atoms with Gasteiger partial charge in [0.15, 0.2) is 0 Å². The van der Waals surface area contributed by atoms with E-state index in [1.54, 1.807) is 12.4 Å². The lowest BCUT2D eigenvalue weighted by atomic mass is 10.2. The minimum absolute atomic E-state index is 0.716. The van der Waals surface area contributed by atoms with Gasteiger partial charge >= 0.3 is 0 Å². The first kappa shape index (κ1) is 9.37. The number of aliphatic imine (C=N–C) groups is 1. The Bertz CT molecular complexity index is 437. The average molecular weight is 223 g/mol. The van der Waals surface area contributed by atoms with Gasteiger partial charge in [-0.15, -0.1) is 11.3 Å². The number of nitrogens with zero attached hydrogens (tertiary/aromatic N) is 2. The topological polar surface area (TPSA) is 25.2 Å². The van der Waals surface area contributed by atoms with Crippen LogP contribution in [0.1, 0.15) is 5.56 Å². The van der Waals surface area contributed by atoms with Crippen LogP contribution in [0.2, 0.25) is 5.02 Å². The minimum atomic E-state index is 0.716. The van der Waals surface area contributed by atoms with Gasteiger partial charge in [0.05, 0.1) is 0 Å². The summed E-state index contributed by atoms with van der Waals surface area (Å²) < 4.78 is 0. The van der Waals surface area contributed by atoms with E-state index in [1.165, 1.54) is 11.3 Å². The van der Waals surface area contributed by atoms with Crippen LogP contribution in [-0.4, -0.2) is 11.2 Å². The maximum atomic E-state index is 5.83. The second-order valence-electron chi connectivity index (χ2n) is 2.63. The highest BCUT2D eigenvalue weighted by molar-refractivity contribution is 7.13. The lowest BCUT2D eigenvalue weighted by Crippen LogP contribution is -1.78. The zero-order valence-corrected chi connectivity index (χ0v) is 8.79. The van der Waals surface area contributed by atoms with Gasteiger partial charge in [-0.25, -0.2) is 9.98 Å². The molecule has 0 amide bonds. The summed E-state index contributed by atoms with van der Waals surface area (Å²) in [6.07, 6.45) is 3.49. The summed E-state index contributed by atoms with van der Waals surface area (Å²) in [5.74, 6) is 0. The van der Waals surface area contributed by atoms with Crippen molar-refractivity contribution in [1.29, 1.82) is 0 Å². The third kappa shape index (κ3) is 2.40. The SMILES string of the molecule is Clc1cccc(/C=N/c2nccs2)c1. The van der Waals surface area contributed by atoms with Crippen LogP contribution in [0.5, 0.6) is 0 Å². The largest absolute Gasteiger partial charge is 0.227 e. The van der Waals surface area contributed by atoms with Gasteiger partial charge in [-0.1, -0.05) is 23.7 Å². The standard InChI is InChI=1S/C10H7ClN2S/c11-9-3-1-2-8(6-9)7-13-10-12-4-5-14-10/h1-7H/b13-7+. The summed E-state index contributed by atoms with van der Waals surface area (Å²) in [6, 6.07) is 7.54. The predicted molar refractivity (Wildman–Crippen MR) is 60.8 cm³/mol. The molecule has 0 N–H and O–H groups in total. The number of rotatable bonds is 2. The smallest absolute Gasteiger partial charge is 0.208 e. The van der Waals surface area contributed by atoms with Crippen molar-refractivity contribution in [3.63, 3.8) is 0 Å². The summed E-state index contributed by atoms with van der Waals surface area (Å²) >= 11 is 7.34. The third-order valence-electron chi connectivity index (χ3n) is 1.59. The molecule has 0 aliphatic rings. The Labute approximate surface area is 90.9 Å². The van der Waals surface area contributed by atoms with Crippen LogP contribution in [0.25, 0.3) is 0 Å². The van der Waals surface area contributed by atoms with Crippen molar-refractivity contribution in [1.82, 2.24) is 4.98 Å². The minimum Gasteiger partial charge on any atom is -0.227 e. The zero-order chi connectivity index (χ0) is 9.80. The van der Waals surface area contributed by atoms with E-state index in [9.17, 15) is 0 Å². The van der Waals surface area contributed by atoms with Gasteiger partial charge in [0, 0.05) is 22.8 Å². The van der Waals surface area contributed by atoms with Crippen LogP contribution in [0.4, 0.5) is 5.13 Å². The third-order valence-corrected chi connectivity index (χ3v) is 2.51. The molecule has 1 aromatic heterocycles. The maximum absolute atomic E-state index is 5.83. The molecule has 2 rings (SSSR count). The van der Waals surface area contributed by atoms with Crippen molar-refractivity contribution in [2.45, 2.75) is 0 Å². The van der Waals surface area contributed by atoms with Gasteiger partial charge in [0.25, 0.3) is 0 Å². The van der Waals surface area contributed by atoms with Gasteiger partial charge in [0.2, 0.25) is 5.13 Å². The highest BCUT2D eigenvalue weighted by Crippen LogP contribution is 2.15. The van der Waals surface area contributed by atoms with Crippen LogP contribution >= 0.6 is 22.9 Å². The van der Waals surface area contributed by atoms with E-state index in [1.807, 2.05) is 29.6 Å². The van der Waals surface area contributed by atoms with Gasteiger partial charge in [0.1, 0.15) is 0 Å². The number of hydrogen-bond acceptors (Lipinski definition) is 3. The first-order chi connectivity index (χ1) is 6.84. The normalized spacial score (nSPS) is 10.9. The van der Waals surface area contributed by atoms with Crippen LogP contribution in [0.3, 0.4) is 0 Å². The molecule has 0 bridgehead atoms. The highest BCUT2D eigenvalue weighted by Gasteiger charge is 1.91. The zero-order valence-electron chi connectivity index (χ0n) is 7.22. The van der Waals surface area contributed by atoms with Crippen molar-refractivity contribution in [3.05, 3.63) is 46.4 Å². The van der Waals surface area contributed by atoms with Crippen LogP contribution in [-0.2, 0) is 0 Å². The number of halogens is 1. The molecule has 2 aromatic rings. The molecule has 1 heterocycles. The fourth-order valence-electron chi connectivity index (χ4n) is 0.996. The van der Waals surface area contributed by atoms with Crippen molar-refractivity contribution in [2.24, 2.45) is 4.99 Å². The molecule has 1 aromatic carbocycles. The number of benzene rings is 1. The summed E-state index contributed by atoms with van der Waals surface area (Å²) in [5.41, 5.74) is 0.979. The fraction of sp³-hybridized carbons (Fsp3) is 0. The average Bonchev–Trinajstić information content (AvgIpc) is 2.67. The monoisotopic (exact) mass is 222 g/mol. The Balaban J connectivity index is 2.18. The summed E-state index contributed by atoms with van der Waals surface area (Å²) in [7, 11) is 0. The Kier molecular flexibility index (Phi) is 2.91. The molecule has 0 saturated heterocycles. The molecular weight excluding hydrogens is 216 g/mol. The molecule has 0 fully saturated rings. The Morgan fingerprint density at radius 3 is 3.07 bits per heavy atom. The van der Waals surface area contributed by atoms with E-state index in [2.05, 4.69) is 9.98 Å². The lowest BCUT2D eigenvalue weighted by Gasteiger charge is -1.92. The molecule has 0 unspecified atom stereocenters. The van der Waals surface area contributed by atoms with Crippen LogP contribution < -0.4 is 0 Å². The highest BCUT2D eigenvalue weighted by atomic mass is 35.5. The molecule has 0 spiro atoms. The van der Waals surface area contributed by atoms with E-state index in [0.29, 0.717) is 5.02 Å². The van der Waals surface area contributed by atoms with Crippen molar-refractivity contribution in [3.8, 4) is 0 Å². The molecule has 2 nitrogen and oxygen atoms in total. The summed E-state index contributed by atoms with van der Waals surface area (Å²) in [6.45, 7) is 0. The molecule has 0 saturated carbocycles. The first-order valence-corrected chi connectivity index (χ1v) is 5.29. The molecule has 0 atom stereocenters. The van der Waals surface area contributed by atoms with E-state index in [-0.39, 0.29) is 0 Å². The van der Waals surface area contributed by atoms with Gasteiger partial charge in [-0.2, -0.15) is 0 Å². The predicted octanol–water partition coefficient (Wildman–Crippen LogP) is 3.55. The van der Waals surface area contributed by atoms with Crippen molar-refractivity contribution < 1.29 is 0 Å². The molecule has 14 heavy (non-hydrogen) atoms. The second-order valence-corrected chi connectivity index (χ2v) is 3.94. The van der Waals surface area contributed by atoms with E-state index in [0.717, 1.165) is 10.7 Å². The van der Waals surface area contributed by atoms with Gasteiger partial charge < -0.3 is 0 Å². The Morgan fingerprint density at radius 2 is 2.36 bits per heavy atom. The molecule has 4 heteroatoms. The number of aromatic nitrogens is 1. The van der Waals surface area contributed by atoms with Gasteiger partial charge in [-0.3, -0.25) is 0 Å². The van der Waals surface area contributed by atoms with Crippen molar-refractivity contribution >= 4 is 34.3 Å². The molecule has 0 aliphatic carbocycles. The van der Waals surface area contributed by atoms with Crippen molar-refractivity contribution in [2.75, 3.05) is 0 Å². The van der Waals surface area contributed by atoms with E-state index in [4.69, 9.17) is 11.6 Å². The Morgan fingerprint density at radius 1 is 1.43 bits per heavy atom. The van der Waals surface area contributed by atoms with E-state index < -0.39 is 0 Å². The molecule has 70 valence electrons. The van der Waals surface area contributed by atoms with Crippen LogP contribution in [0, 0.1) is 0 Å². The van der Waals surface area contributed by atoms with E-state index >= 15 is 0 Å². The van der Waals surface area contributed by atoms with Crippen LogP contribution in [0.15, 0.2) is 40.8 Å². The maximum Gasteiger partial charge on any atom is 0.208 e. The number of hydrogen-bond donors (Lipinski definition) is 0. The fourth-order valence-corrected chi connectivity index (χ4v) is 1.67. The first-order valence-electron chi connectivity index (χ1n) is 4.04. The lowest BCUT2D eigenvalue weighted by molar-refractivity contribution is 1.36.